The van der Waals surface area contributed by atoms with E-state index in [2.05, 4.69) is 5.32 Å². The SMILES string of the molecule is CC1(NCC(O)C(F)(F)F)CCOCC1. The molecular formula is C9H16F3NO2. The van der Waals surface area contributed by atoms with Crippen LogP contribution in [0.2, 0.25) is 0 Å². The van der Waals surface area contributed by atoms with Crippen LogP contribution < -0.4 is 5.32 Å². The van der Waals surface area contributed by atoms with Gasteiger partial charge in [0.05, 0.1) is 0 Å². The second kappa shape index (κ2) is 4.67. The van der Waals surface area contributed by atoms with Crippen LogP contribution in [0, 0.1) is 0 Å². The Bertz CT molecular complexity index is 202. The summed E-state index contributed by atoms with van der Waals surface area (Å²) >= 11 is 0. The molecule has 1 heterocycles. The van der Waals surface area contributed by atoms with Gasteiger partial charge in [0.25, 0.3) is 0 Å². The van der Waals surface area contributed by atoms with Gasteiger partial charge in [-0.25, -0.2) is 0 Å². The predicted molar refractivity (Wildman–Crippen MR) is 48.5 cm³/mol. The van der Waals surface area contributed by atoms with Gasteiger partial charge >= 0.3 is 6.18 Å². The molecule has 0 amide bonds. The highest BCUT2D eigenvalue weighted by Crippen LogP contribution is 2.23. The number of ether oxygens (including phenoxy) is 1. The van der Waals surface area contributed by atoms with Crippen LogP contribution in [0.4, 0.5) is 13.2 Å². The van der Waals surface area contributed by atoms with E-state index in [1.54, 1.807) is 0 Å². The van der Waals surface area contributed by atoms with Gasteiger partial charge in [-0.2, -0.15) is 13.2 Å². The van der Waals surface area contributed by atoms with Gasteiger partial charge < -0.3 is 15.2 Å². The Hall–Kier alpha value is -0.330. The molecule has 1 fully saturated rings. The Labute approximate surface area is 86.6 Å². The highest BCUT2D eigenvalue weighted by molar-refractivity contribution is 4.86. The monoisotopic (exact) mass is 227 g/mol. The van der Waals surface area contributed by atoms with E-state index in [-0.39, 0.29) is 5.54 Å². The lowest BCUT2D eigenvalue weighted by Gasteiger charge is -2.35. The van der Waals surface area contributed by atoms with E-state index in [1.165, 1.54) is 0 Å². The maximum Gasteiger partial charge on any atom is 0.415 e. The van der Waals surface area contributed by atoms with Crippen LogP contribution in [0.5, 0.6) is 0 Å². The second-order valence-electron chi connectivity index (χ2n) is 4.11. The van der Waals surface area contributed by atoms with Crippen molar-refractivity contribution < 1.29 is 23.0 Å². The molecule has 0 aromatic heterocycles. The molecule has 1 rings (SSSR count). The number of aliphatic hydroxyl groups excluding tert-OH is 1. The molecule has 0 aromatic rings. The van der Waals surface area contributed by atoms with Crippen molar-refractivity contribution in [3.8, 4) is 0 Å². The summed E-state index contributed by atoms with van der Waals surface area (Å²) in [5.41, 5.74) is -0.357. The zero-order valence-corrected chi connectivity index (χ0v) is 8.60. The van der Waals surface area contributed by atoms with Crippen LogP contribution in [0.15, 0.2) is 0 Å². The van der Waals surface area contributed by atoms with Crippen molar-refractivity contribution >= 4 is 0 Å². The smallest absolute Gasteiger partial charge is 0.382 e. The van der Waals surface area contributed by atoms with Gasteiger partial charge in [-0.3, -0.25) is 0 Å². The molecule has 0 aliphatic carbocycles. The summed E-state index contributed by atoms with van der Waals surface area (Å²) in [6.07, 6.45) is -5.51. The minimum Gasteiger partial charge on any atom is -0.382 e. The van der Waals surface area contributed by atoms with Crippen LogP contribution in [0.3, 0.4) is 0 Å². The van der Waals surface area contributed by atoms with E-state index in [1.807, 2.05) is 6.92 Å². The first-order chi connectivity index (χ1) is 6.83. The van der Waals surface area contributed by atoms with Gasteiger partial charge in [0.15, 0.2) is 6.10 Å². The molecule has 1 aliphatic heterocycles. The van der Waals surface area contributed by atoms with Crippen LogP contribution >= 0.6 is 0 Å². The number of hydrogen-bond donors (Lipinski definition) is 2. The van der Waals surface area contributed by atoms with Gasteiger partial charge in [-0.05, 0) is 19.8 Å². The van der Waals surface area contributed by atoms with Gasteiger partial charge in [0.2, 0.25) is 0 Å². The van der Waals surface area contributed by atoms with E-state index in [0.29, 0.717) is 26.1 Å². The molecule has 0 radical (unpaired) electrons. The molecule has 15 heavy (non-hydrogen) atoms. The normalized spacial score (nSPS) is 23.8. The Balaban J connectivity index is 2.35. The molecule has 2 N–H and O–H groups in total. The van der Waals surface area contributed by atoms with Crippen LogP contribution in [-0.2, 0) is 4.74 Å². The first-order valence-electron chi connectivity index (χ1n) is 4.91. The van der Waals surface area contributed by atoms with Crippen molar-refractivity contribution in [2.75, 3.05) is 19.8 Å². The summed E-state index contributed by atoms with van der Waals surface area (Å²) in [5.74, 6) is 0. The third-order valence-corrected chi connectivity index (χ3v) is 2.70. The van der Waals surface area contributed by atoms with E-state index in [0.717, 1.165) is 0 Å². The quantitative estimate of drug-likeness (QED) is 0.757. The molecule has 3 nitrogen and oxygen atoms in total. The fourth-order valence-corrected chi connectivity index (χ4v) is 1.46. The molecule has 90 valence electrons. The molecule has 1 unspecified atom stereocenters. The topological polar surface area (TPSA) is 41.5 Å². The van der Waals surface area contributed by atoms with Crippen molar-refractivity contribution in [3.05, 3.63) is 0 Å². The van der Waals surface area contributed by atoms with Crippen LogP contribution in [0.1, 0.15) is 19.8 Å². The number of hydrogen-bond acceptors (Lipinski definition) is 3. The standard InChI is InChI=1S/C9H16F3NO2/c1-8(2-4-15-5-3-8)13-6-7(14)9(10,11)12/h7,13-14H,2-6H2,1H3. The average molecular weight is 227 g/mol. The zero-order chi connectivity index (χ0) is 11.5. The summed E-state index contributed by atoms with van der Waals surface area (Å²) in [4.78, 5) is 0. The Morgan fingerprint density at radius 2 is 1.93 bits per heavy atom. The number of β-amino-alcohol motifs (C(OH)–C–C–N with tert-alkyl or cyclic N) is 1. The molecule has 0 bridgehead atoms. The molecule has 0 saturated carbocycles. The van der Waals surface area contributed by atoms with Gasteiger partial charge in [-0.1, -0.05) is 0 Å². The first kappa shape index (κ1) is 12.7. The van der Waals surface area contributed by atoms with E-state index in [9.17, 15) is 13.2 Å². The Morgan fingerprint density at radius 3 is 2.40 bits per heavy atom. The number of alkyl halides is 3. The van der Waals surface area contributed by atoms with Crippen molar-refractivity contribution in [2.24, 2.45) is 0 Å². The zero-order valence-electron chi connectivity index (χ0n) is 8.60. The summed E-state index contributed by atoms with van der Waals surface area (Å²) in [5, 5.41) is 11.6. The number of rotatable bonds is 3. The lowest BCUT2D eigenvalue weighted by molar-refractivity contribution is -0.203. The lowest BCUT2D eigenvalue weighted by Crippen LogP contribution is -2.51. The largest absolute Gasteiger partial charge is 0.415 e. The number of aliphatic hydroxyl groups is 1. The summed E-state index contributed by atoms with van der Waals surface area (Å²) < 4.78 is 41.2. The van der Waals surface area contributed by atoms with Crippen molar-refractivity contribution in [2.45, 2.75) is 37.6 Å². The minimum atomic E-state index is -4.55. The molecule has 1 saturated heterocycles. The van der Waals surface area contributed by atoms with Crippen LogP contribution in [-0.4, -0.2) is 42.7 Å². The van der Waals surface area contributed by atoms with E-state index < -0.39 is 18.8 Å². The highest BCUT2D eigenvalue weighted by atomic mass is 19.4. The van der Waals surface area contributed by atoms with E-state index in [4.69, 9.17) is 9.84 Å². The average Bonchev–Trinajstić information content (AvgIpc) is 2.14. The fourth-order valence-electron chi connectivity index (χ4n) is 1.46. The second-order valence-corrected chi connectivity index (χ2v) is 4.11. The third kappa shape index (κ3) is 3.96. The lowest BCUT2D eigenvalue weighted by atomic mass is 9.92. The maximum absolute atomic E-state index is 12.0. The van der Waals surface area contributed by atoms with Crippen LogP contribution in [0.25, 0.3) is 0 Å². The molecule has 0 spiro atoms. The fraction of sp³-hybridized carbons (Fsp3) is 1.00. The number of nitrogens with one attached hydrogen (secondary N) is 1. The van der Waals surface area contributed by atoms with Crippen molar-refractivity contribution in [1.29, 1.82) is 0 Å². The first-order valence-corrected chi connectivity index (χ1v) is 4.91. The van der Waals surface area contributed by atoms with E-state index >= 15 is 0 Å². The van der Waals surface area contributed by atoms with Gasteiger partial charge in [0, 0.05) is 25.3 Å². The Kier molecular flexibility index (Phi) is 3.97. The molecule has 1 aliphatic rings. The molecular weight excluding hydrogens is 211 g/mol. The van der Waals surface area contributed by atoms with Crippen molar-refractivity contribution in [1.82, 2.24) is 5.32 Å². The predicted octanol–water partition coefficient (Wildman–Crippen LogP) is 1.07. The third-order valence-electron chi connectivity index (χ3n) is 2.70. The molecule has 1 atom stereocenters. The summed E-state index contributed by atoms with van der Waals surface area (Å²) in [7, 11) is 0. The summed E-state index contributed by atoms with van der Waals surface area (Å²) in [6, 6.07) is 0. The molecule has 6 heteroatoms. The number of halogens is 3. The van der Waals surface area contributed by atoms with Gasteiger partial charge in [0.1, 0.15) is 0 Å². The maximum atomic E-state index is 12.0. The summed E-state index contributed by atoms with van der Waals surface area (Å²) in [6.45, 7) is 2.48. The van der Waals surface area contributed by atoms with Gasteiger partial charge in [-0.15, -0.1) is 0 Å². The highest BCUT2D eigenvalue weighted by Gasteiger charge is 2.39. The van der Waals surface area contributed by atoms with Crippen molar-refractivity contribution in [3.63, 3.8) is 0 Å². The Morgan fingerprint density at radius 1 is 1.40 bits per heavy atom. The molecule has 0 aromatic carbocycles. The minimum absolute atomic E-state index is 0.357.